The third kappa shape index (κ3) is 6.56. The van der Waals surface area contributed by atoms with Crippen molar-refractivity contribution in [3.63, 3.8) is 0 Å². The number of nitrogens with one attached hydrogen (secondary N) is 1. The van der Waals surface area contributed by atoms with Gasteiger partial charge in [-0.05, 0) is 29.8 Å². The van der Waals surface area contributed by atoms with Crippen molar-refractivity contribution in [3.05, 3.63) is 95.3 Å². The van der Waals surface area contributed by atoms with E-state index in [-0.39, 0.29) is 19.6 Å². The summed E-state index contributed by atoms with van der Waals surface area (Å²) >= 11 is 0. The quantitative estimate of drug-likeness (QED) is 0.522. The summed E-state index contributed by atoms with van der Waals surface area (Å²) in [6.45, 7) is -0.189. The lowest BCUT2D eigenvalue weighted by Crippen LogP contribution is -2.39. The average molecular weight is 441 g/mol. The summed E-state index contributed by atoms with van der Waals surface area (Å²) in [5.74, 6) is 0.650. The molecule has 0 aliphatic heterocycles. The van der Waals surface area contributed by atoms with Gasteiger partial charge in [0.25, 0.3) is 0 Å². The molecule has 0 unspecified atom stereocenters. The predicted octanol–water partition coefficient (Wildman–Crippen LogP) is 3.41. The van der Waals surface area contributed by atoms with Crippen LogP contribution in [0.4, 0.5) is 0 Å². The zero-order chi connectivity index (χ0) is 22.1. The number of carbonyl (C=O) groups excluding carboxylic acids is 1. The van der Waals surface area contributed by atoms with Crippen LogP contribution in [0.2, 0.25) is 0 Å². The highest BCUT2D eigenvalue weighted by molar-refractivity contribution is 7.92. The second kappa shape index (κ2) is 10.6. The van der Waals surface area contributed by atoms with E-state index in [0.29, 0.717) is 11.5 Å². The predicted molar refractivity (Wildman–Crippen MR) is 118 cm³/mol. The zero-order valence-corrected chi connectivity index (χ0v) is 17.9. The topological polar surface area (TPSA) is 88.8 Å². The molecule has 1 aromatic heterocycles. The van der Waals surface area contributed by atoms with Crippen LogP contribution < -0.4 is 10.1 Å². The van der Waals surface area contributed by atoms with E-state index < -0.39 is 15.9 Å². The molecule has 0 saturated heterocycles. The van der Waals surface area contributed by atoms with Gasteiger partial charge in [0.15, 0.2) is 0 Å². The Hall–Kier alpha value is -3.36. The summed E-state index contributed by atoms with van der Waals surface area (Å²) in [5.41, 5.74) is 1.53. The maximum atomic E-state index is 12.9. The number of sulfonamides is 1. The van der Waals surface area contributed by atoms with E-state index >= 15 is 0 Å². The van der Waals surface area contributed by atoms with Gasteiger partial charge < -0.3 is 14.5 Å². The molecule has 1 heterocycles. The van der Waals surface area contributed by atoms with E-state index in [1.165, 1.54) is 12.3 Å². The Morgan fingerprint density at radius 1 is 1.06 bits per heavy atom. The summed E-state index contributed by atoms with van der Waals surface area (Å²) in [6, 6.07) is 19.7. The number of benzene rings is 2. The van der Waals surface area contributed by atoms with Crippen molar-refractivity contribution >= 4 is 22.0 Å². The van der Waals surface area contributed by atoms with Crippen molar-refractivity contribution in [1.82, 2.24) is 9.62 Å². The molecule has 0 radical (unpaired) electrons. The summed E-state index contributed by atoms with van der Waals surface area (Å²) in [5, 5.41) is 3.85. The van der Waals surface area contributed by atoms with Gasteiger partial charge in [0.05, 0.1) is 26.5 Å². The lowest BCUT2D eigenvalue weighted by atomic mass is 10.2. The molecule has 162 valence electrons. The lowest BCUT2D eigenvalue weighted by molar-refractivity contribution is -0.121. The molecule has 0 aliphatic carbocycles. The summed E-state index contributed by atoms with van der Waals surface area (Å²) in [6.07, 6.45) is 2.96. The van der Waals surface area contributed by atoms with Crippen molar-refractivity contribution in [2.75, 3.05) is 13.7 Å². The molecule has 3 rings (SSSR count). The highest BCUT2D eigenvalue weighted by atomic mass is 32.2. The molecule has 0 spiro atoms. The summed E-state index contributed by atoms with van der Waals surface area (Å²) < 4.78 is 37.5. The number of amides is 1. The maximum Gasteiger partial charge on any atom is 0.237 e. The number of rotatable bonds is 10. The molecule has 0 fully saturated rings. The van der Waals surface area contributed by atoms with Gasteiger partial charge in [-0.15, -0.1) is 0 Å². The first-order valence-corrected chi connectivity index (χ1v) is 11.1. The van der Waals surface area contributed by atoms with Crippen LogP contribution in [0.15, 0.2) is 82.8 Å². The minimum atomic E-state index is -3.88. The number of hydrogen-bond acceptors (Lipinski definition) is 5. The van der Waals surface area contributed by atoms with Crippen molar-refractivity contribution in [2.45, 2.75) is 13.1 Å². The third-order valence-corrected chi connectivity index (χ3v) is 5.95. The molecule has 1 amide bonds. The summed E-state index contributed by atoms with van der Waals surface area (Å²) in [4.78, 5) is 12.6. The van der Waals surface area contributed by atoms with E-state index in [1.807, 2.05) is 36.4 Å². The molecule has 0 bridgehead atoms. The normalized spacial score (nSPS) is 11.7. The Bertz CT molecular complexity index is 1110. The van der Waals surface area contributed by atoms with Crippen molar-refractivity contribution in [2.24, 2.45) is 0 Å². The van der Waals surface area contributed by atoms with Crippen LogP contribution in [-0.2, 0) is 27.9 Å². The number of furan rings is 1. The Morgan fingerprint density at radius 2 is 1.81 bits per heavy atom. The fourth-order valence-corrected chi connectivity index (χ4v) is 3.99. The standard InChI is InChI=1S/C23H24N2O5S/c1-29-22-12-6-5-10-20(22)16-24-23(26)18-25(17-21-11-7-14-30-21)31(27,28)15-13-19-8-3-2-4-9-19/h2-15H,16-18H2,1H3,(H,24,26)/b15-13+. The molecule has 7 nitrogen and oxygen atoms in total. The monoisotopic (exact) mass is 440 g/mol. The Balaban J connectivity index is 1.72. The fraction of sp³-hybridized carbons (Fsp3) is 0.174. The second-order valence-corrected chi connectivity index (χ2v) is 8.51. The van der Waals surface area contributed by atoms with Crippen LogP contribution in [0.1, 0.15) is 16.9 Å². The maximum absolute atomic E-state index is 12.9. The molecule has 3 aromatic rings. The number of para-hydroxylation sites is 1. The van der Waals surface area contributed by atoms with Crippen LogP contribution in [0.5, 0.6) is 5.75 Å². The lowest BCUT2D eigenvalue weighted by Gasteiger charge is -2.19. The summed E-state index contributed by atoms with van der Waals surface area (Å²) in [7, 11) is -2.33. The first-order chi connectivity index (χ1) is 15.0. The van der Waals surface area contributed by atoms with Gasteiger partial charge >= 0.3 is 0 Å². The molecule has 31 heavy (non-hydrogen) atoms. The number of hydrogen-bond donors (Lipinski definition) is 1. The SMILES string of the molecule is COc1ccccc1CNC(=O)CN(Cc1ccco1)S(=O)(=O)/C=C/c1ccccc1. The number of nitrogens with zero attached hydrogens (tertiary/aromatic N) is 1. The molecule has 0 saturated carbocycles. The minimum absolute atomic E-state index is 0.0590. The van der Waals surface area contributed by atoms with Crippen molar-refractivity contribution < 1.29 is 22.4 Å². The number of carbonyl (C=O) groups is 1. The first kappa shape index (κ1) is 22.3. The molecular formula is C23H24N2O5S. The van der Waals surface area contributed by atoms with Gasteiger partial charge in [0.2, 0.25) is 15.9 Å². The average Bonchev–Trinajstić information content (AvgIpc) is 3.30. The van der Waals surface area contributed by atoms with Crippen LogP contribution >= 0.6 is 0 Å². The van der Waals surface area contributed by atoms with Gasteiger partial charge in [-0.1, -0.05) is 48.5 Å². The Kier molecular flexibility index (Phi) is 7.64. The van der Waals surface area contributed by atoms with Gasteiger partial charge in [0.1, 0.15) is 11.5 Å². The molecule has 0 atom stereocenters. The molecule has 1 N–H and O–H groups in total. The smallest absolute Gasteiger partial charge is 0.237 e. The number of ether oxygens (including phenoxy) is 1. The van der Waals surface area contributed by atoms with E-state index in [2.05, 4.69) is 5.32 Å². The van der Waals surface area contributed by atoms with Crippen LogP contribution in [0.3, 0.4) is 0 Å². The van der Waals surface area contributed by atoms with Crippen LogP contribution in [0.25, 0.3) is 6.08 Å². The van der Waals surface area contributed by atoms with Crippen LogP contribution in [0, 0.1) is 0 Å². The molecule has 0 aliphatic rings. The Labute approximate surface area is 182 Å². The molecular weight excluding hydrogens is 416 g/mol. The van der Waals surface area contributed by atoms with Gasteiger partial charge in [-0.3, -0.25) is 4.79 Å². The van der Waals surface area contributed by atoms with E-state index in [0.717, 1.165) is 20.8 Å². The third-order valence-electron chi connectivity index (χ3n) is 4.49. The second-order valence-electron chi connectivity index (χ2n) is 6.69. The van der Waals surface area contributed by atoms with E-state index in [4.69, 9.17) is 9.15 Å². The van der Waals surface area contributed by atoms with Gasteiger partial charge in [-0.25, -0.2) is 8.42 Å². The van der Waals surface area contributed by atoms with Crippen molar-refractivity contribution in [3.8, 4) is 5.75 Å². The highest BCUT2D eigenvalue weighted by Gasteiger charge is 2.23. The van der Waals surface area contributed by atoms with E-state index in [9.17, 15) is 13.2 Å². The van der Waals surface area contributed by atoms with E-state index in [1.54, 1.807) is 37.4 Å². The minimum Gasteiger partial charge on any atom is -0.496 e. The highest BCUT2D eigenvalue weighted by Crippen LogP contribution is 2.17. The largest absolute Gasteiger partial charge is 0.496 e. The Morgan fingerprint density at radius 3 is 2.52 bits per heavy atom. The van der Waals surface area contributed by atoms with Gasteiger partial charge in [-0.2, -0.15) is 4.31 Å². The van der Waals surface area contributed by atoms with Crippen molar-refractivity contribution in [1.29, 1.82) is 0 Å². The number of methoxy groups -OCH3 is 1. The van der Waals surface area contributed by atoms with Gasteiger partial charge in [0, 0.05) is 17.5 Å². The molecule has 2 aromatic carbocycles. The van der Waals surface area contributed by atoms with Crippen LogP contribution in [-0.4, -0.2) is 32.3 Å². The zero-order valence-electron chi connectivity index (χ0n) is 17.1. The fourth-order valence-electron chi connectivity index (χ4n) is 2.89. The molecule has 8 heteroatoms. The first-order valence-electron chi connectivity index (χ1n) is 9.62.